The van der Waals surface area contributed by atoms with Crippen molar-refractivity contribution in [2.45, 2.75) is 107 Å². The van der Waals surface area contributed by atoms with Crippen LogP contribution in [0.1, 0.15) is 71.1 Å². The van der Waals surface area contributed by atoms with Crippen molar-refractivity contribution in [2.24, 2.45) is 0 Å². The summed E-state index contributed by atoms with van der Waals surface area (Å²) in [5.41, 5.74) is -3.10. The summed E-state index contributed by atoms with van der Waals surface area (Å²) in [6.45, 7) is 12.0. The molecule has 0 radical (unpaired) electrons. The predicted molar refractivity (Wildman–Crippen MR) is 161 cm³/mol. The van der Waals surface area contributed by atoms with Gasteiger partial charge in [0.15, 0.2) is 23.4 Å². The molecule has 2 spiro atoms. The maximum atomic E-state index is 12.7. The molecule has 45 heavy (non-hydrogen) atoms. The number of unbranched alkanes of at least 4 members (excludes halogenated alkanes) is 8. The van der Waals surface area contributed by atoms with Gasteiger partial charge in [0.1, 0.15) is 25.4 Å². The molecular formula is C33H48O12. The number of fused-ring (bicyclic) bond motifs is 1. The van der Waals surface area contributed by atoms with E-state index in [4.69, 9.17) is 37.9 Å². The third-order valence-corrected chi connectivity index (χ3v) is 8.46. The molecule has 0 aromatic heterocycles. The van der Waals surface area contributed by atoms with Crippen LogP contribution in [0.2, 0.25) is 0 Å². The molecule has 0 N–H and O–H groups in total. The van der Waals surface area contributed by atoms with E-state index < -0.39 is 59.5 Å². The Morgan fingerprint density at radius 3 is 1.78 bits per heavy atom. The van der Waals surface area contributed by atoms with Gasteiger partial charge in [0.25, 0.3) is 0 Å². The molecule has 3 fully saturated rings. The molecule has 3 aliphatic heterocycles. The number of hydrogen-bond acceptors (Lipinski definition) is 12. The Hall–Kier alpha value is -3.06. The fraction of sp³-hybridized carbons (Fsp3) is 0.697. The van der Waals surface area contributed by atoms with Gasteiger partial charge in [0, 0.05) is 24.6 Å². The highest BCUT2D eigenvalue weighted by molar-refractivity contribution is 5.82. The molecule has 0 saturated carbocycles. The molecule has 6 atom stereocenters. The van der Waals surface area contributed by atoms with Crippen LogP contribution in [0.25, 0.3) is 0 Å². The standard InChI is InChI=1S/C33H48O12/c1-5-9-10-11-12-13-14-15-16-17-31(37)41-21-25-33(27(23-43-33)45-30(36)8-4)32(26(22-42-32)44-29(35)7-3)24(20-40-25)38-18-19-39-28(34)6-2/h6-8,24-27H,2-5,9-23H2,1H3. The number of hydrogen-bond donors (Lipinski definition) is 0. The number of esters is 4. The fourth-order valence-electron chi connectivity index (χ4n) is 6.12. The Labute approximate surface area is 265 Å². The normalized spacial score (nSPS) is 28.3. The van der Waals surface area contributed by atoms with E-state index in [1.807, 2.05) is 0 Å². The number of carbonyl (C=O) groups excluding carboxylic acids is 4. The number of carbonyl (C=O) groups is 4. The molecule has 3 saturated heterocycles. The van der Waals surface area contributed by atoms with Gasteiger partial charge < -0.3 is 37.9 Å². The van der Waals surface area contributed by atoms with E-state index in [0.717, 1.165) is 37.5 Å². The lowest BCUT2D eigenvalue weighted by molar-refractivity contribution is -0.452. The van der Waals surface area contributed by atoms with Crippen LogP contribution in [0.3, 0.4) is 0 Å². The van der Waals surface area contributed by atoms with Crippen molar-refractivity contribution in [3.8, 4) is 0 Å². The first-order valence-electron chi connectivity index (χ1n) is 15.9. The van der Waals surface area contributed by atoms with Gasteiger partial charge in [-0.1, -0.05) is 78.0 Å². The second-order valence-corrected chi connectivity index (χ2v) is 11.3. The van der Waals surface area contributed by atoms with Gasteiger partial charge in [0.2, 0.25) is 0 Å². The van der Waals surface area contributed by atoms with Crippen molar-refractivity contribution in [1.29, 1.82) is 0 Å². The Kier molecular flexibility index (Phi) is 14.7. The minimum atomic E-state index is -1.57. The van der Waals surface area contributed by atoms with Crippen molar-refractivity contribution in [1.82, 2.24) is 0 Å². The SMILES string of the molecule is C=CC(=O)OCCOC1COC(COC(=O)CCCCCCCCCCC)C2(OCC2OC(=O)C=C)C12OCC2OC(=O)C=C. The monoisotopic (exact) mass is 636 g/mol. The molecule has 0 aromatic rings. The smallest absolute Gasteiger partial charge is 0.330 e. The molecule has 0 amide bonds. The minimum Gasteiger partial charge on any atom is -0.463 e. The van der Waals surface area contributed by atoms with Gasteiger partial charge in [-0.2, -0.15) is 0 Å². The van der Waals surface area contributed by atoms with Gasteiger partial charge in [-0.05, 0) is 6.42 Å². The summed E-state index contributed by atoms with van der Waals surface area (Å²) >= 11 is 0. The fourth-order valence-corrected chi connectivity index (χ4v) is 6.12. The average Bonchev–Trinajstić information content (AvgIpc) is 3.04. The van der Waals surface area contributed by atoms with Crippen molar-refractivity contribution < 1.29 is 57.1 Å². The van der Waals surface area contributed by atoms with Crippen LogP contribution in [0.15, 0.2) is 38.0 Å². The largest absolute Gasteiger partial charge is 0.463 e. The average molecular weight is 637 g/mol. The molecule has 3 aliphatic rings. The van der Waals surface area contributed by atoms with Crippen LogP contribution in [-0.4, -0.2) is 99.1 Å². The van der Waals surface area contributed by atoms with Gasteiger partial charge in [-0.3, -0.25) is 4.79 Å². The van der Waals surface area contributed by atoms with Gasteiger partial charge in [-0.15, -0.1) is 0 Å². The molecule has 0 aliphatic carbocycles. The molecule has 3 rings (SSSR count). The Bertz CT molecular complexity index is 1040. The van der Waals surface area contributed by atoms with Gasteiger partial charge in [0.05, 0.1) is 26.4 Å². The lowest BCUT2D eigenvalue weighted by atomic mass is 9.62. The lowest BCUT2D eigenvalue weighted by Gasteiger charge is -2.68. The Morgan fingerprint density at radius 2 is 1.24 bits per heavy atom. The van der Waals surface area contributed by atoms with Crippen molar-refractivity contribution >= 4 is 23.9 Å². The zero-order chi connectivity index (χ0) is 32.7. The minimum absolute atomic E-state index is 0.0107. The van der Waals surface area contributed by atoms with E-state index >= 15 is 0 Å². The lowest BCUT2D eigenvalue weighted by Crippen LogP contribution is -2.91. The molecule has 0 aromatic carbocycles. The number of ether oxygens (including phenoxy) is 8. The summed E-state index contributed by atoms with van der Waals surface area (Å²) in [5, 5.41) is 0. The molecular weight excluding hydrogens is 588 g/mol. The van der Waals surface area contributed by atoms with Gasteiger partial charge >= 0.3 is 23.9 Å². The molecule has 252 valence electrons. The highest BCUT2D eigenvalue weighted by Gasteiger charge is 2.81. The van der Waals surface area contributed by atoms with E-state index in [1.165, 1.54) is 32.1 Å². The second-order valence-electron chi connectivity index (χ2n) is 11.3. The van der Waals surface area contributed by atoms with Crippen LogP contribution in [0.4, 0.5) is 0 Å². The van der Waals surface area contributed by atoms with Crippen molar-refractivity contribution in [3.05, 3.63) is 38.0 Å². The summed E-state index contributed by atoms with van der Waals surface area (Å²) in [6.07, 6.45) is 9.65. The predicted octanol–water partition coefficient (Wildman–Crippen LogP) is 3.70. The molecule has 12 nitrogen and oxygen atoms in total. The first-order valence-corrected chi connectivity index (χ1v) is 15.9. The third-order valence-electron chi connectivity index (χ3n) is 8.46. The summed E-state index contributed by atoms with van der Waals surface area (Å²) < 4.78 is 46.5. The van der Waals surface area contributed by atoms with Crippen LogP contribution in [-0.2, 0) is 57.1 Å². The highest BCUT2D eigenvalue weighted by Crippen LogP contribution is 2.56. The van der Waals surface area contributed by atoms with E-state index in [2.05, 4.69) is 26.7 Å². The van der Waals surface area contributed by atoms with E-state index in [-0.39, 0.29) is 46.1 Å². The van der Waals surface area contributed by atoms with E-state index in [9.17, 15) is 19.2 Å². The van der Waals surface area contributed by atoms with E-state index in [1.54, 1.807) is 0 Å². The van der Waals surface area contributed by atoms with E-state index in [0.29, 0.717) is 6.42 Å². The Balaban J connectivity index is 1.71. The van der Waals surface area contributed by atoms with Crippen LogP contribution >= 0.6 is 0 Å². The number of rotatable bonds is 21. The summed E-state index contributed by atoms with van der Waals surface area (Å²) in [7, 11) is 0. The quantitative estimate of drug-likeness (QED) is 0.0785. The highest BCUT2D eigenvalue weighted by atomic mass is 16.7. The summed E-state index contributed by atoms with van der Waals surface area (Å²) in [6, 6.07) is 0. The van der Waals surface area contributed by atoms with Gasteiger partial charge in [-0.25, -0.2) is 14.4 Å². The maximum absolute atomic E-state index is 12.7. The summed E-state index contributed by atoms with van der Waals surface area (Å²) in [4.78, 5) is 48.9. The second kappa shape index (κ2) is 18.2. The van der Waals surface area contributed by atoms with Crippen molar-refractivity contribution in [2.75, 3.05) is 39.6 Å². The van der Waals surface area contributed by atoms with Crippen LogP contribution in [0, 0.1) is 0 Å². The molecule has 6 unspecified atom stereocenters. The summed E-state index contributed by atoms with van der Waals surface area (Å²) in [5.74, 6) is -2.43. The maximum Gasteiger partial charge on any atom is 0.330 e. The zero-order valence-corrected chi connectivity index (χ0v) is 26.4. The zero-order valence-electron chi connectivity index (χ0n) is 26.4. The third kappa shape index (κ3) is 8.81. The van der Waals surface area contributed by atoms with Crippen LogP contribution < -0.4 is 0 Å². The molecule has 12 heteroatoms. The first-order chi connectivity index (χ1) is 21.8. The topological polar surface area (TPSA) is 142 Å². The molecule has 0 bridgehead atoms. The first kappa shape index (κ1) is 36.4. The van der Waals surface area contributed by atoms with Crippen molar-refractivity contribution in [3.63, 3.8) is 0 Å². The Morgan fingerprint density at radius 1 is 0.689 bits per heavy atom. The molecule has 3 heterocycles. The van der Waals surface area contributed by atoms with Crippen LogP contribution in [0.5, 0.6) is 0 Å².